The van der Waals surface area contributed by atoms with E-state index in [1.54, 1.807) is 12.1 Å². The van der Waals surface area contributed by atoms with Gasteiger partial charge in [-0.25, -0.2) is 14.5 Å². The summed E-state index contributed by atoms with van der Waals surface area (Å²) in [6.45, 7) is 7.04. The number of hydrogen-bond acceptors (Lipinski definition) is 3. The van der Waals surface area contributed by atoms with Crippen LogP contribution in [0.15, 0.2) is 54.6 Å². The Morgan fingerprint density at radius 2 is 1.86 bits per heavy atom. The molecule has 0 aliphatic carbocycles. The van der Waals surface area contributed by atoms with Crippen LogP contribution in [0.3, 0.4) is 0 Å². The van der Waals surface area contributed by atoms with E-state index >= 15 is 0 Å². The zero-order chi connectivity index (χ0) is 20.8. The molecule has 5 heteroatoms. The first-order chi connectivity index (χ1) is 14.0. The summed E-state index contributed by atoms with van der Waals surface area (Å²) in [5, 5.41) is 14.1. The fourth-order valence-corrected chi connectivity index (χ4v) is 3.20. The van der Waals surface area contributed by atoms with Gasteiger partial charge in [-0.2, -0.15) is 5.10 Å². The summed E-state index contributed by atoms with van der Waals surface area (Å²) >= 11 is 0. The van der Waals surface area contributed by atoms with Crippen LogP contribution in [0.5, 0.6) is 0 Å². The smallest absolute Gasteiger partial charge is 0.336 e. The molecule has 1 N–H and O–H groups in total. The Morgan fingerprint density at radius 1 is 1.14 bits per heavy atom. The quantitative estimate of drug-likeness (QED) is 0.567. The van der Waals surface area contributed by atoms with Crippen molar-refractivity contribution in [1.82, 2.24) is 14.8 Å². The molecule has 1 aromatic heterocycles. The van der Waals surface area contributed by atoms with Crippen molar-refractivity contribution in [3.8, 4) is 11.1 Å². The highest BCUT2D eigenvalue weighted by atomic mass is 16.4. The van der Waals surface area contributed by atoms with Crippen LogP contribution in [-0.2, 0) is 13.0 Å². The maximum atomic E-state index is 11.5. The molecule has 5 nitrogen and oxygen atoms in total. The zero-order valence-electron chi connectivity index (χ0n) is 17.2. The van der Waals surface area contributed by atoms with Gasteiger partial charge in [-0.15, -0.1) is 0 Å². The molecule has 150 valence electrons. The lowest BCUT2D eigenvalue weighted by Crippen LogP contribution is -2.05. The van der Waals surface area contributed by atoms with Crippen LogP contribution in [0, 0.1) is 5.92 Å². The first-order valence-corrected chi connectivity index (χ1v) is 9.99. The molecule has 2 aromatic carbocycles. The lowest BCUT2D eigenvalue weighted by molar-refractivity contribution is 0.0697. The standard InChI is InChI=1S/C24H27N3O2/c1-4-5-10-23-25-22(15-17(2)3)26-27(23)16-18-11-13-19(14-12-18)20-8-6-7-9-21(20)24(28)29/h5-14,17H,4,15-16H2,1-3H3,(H,28,29). The second-order valence-corrected chi connectivity index (χ2v) is 7.50. The summed E-state index contributed by atoms with van der Waals surface area (Å²) in [7, 11) is 0. The van der Waals surface area contributed by atoms with Crippen molar-refractivity contribution in [1.29, 1.82) is 0 Å². The number of benzene rings is 2. The molecule has 29 heavy (non-hydrogen) atoms. The minimum Gasteiger partial charge on any atom is -0.478 e. The molecule has 0 fully saturated rings. The number of aromatic carboxylic acids is 1. The van der Waals surface area contributed by atoms with Crippen LogP contribution in [0.4, 0.5) is 0 Å². The predicted molar refractivity (Wildman–Crippen MR) is 116 cm³/mol. The molecule has 3 aromatic rings. The van der Waals surface area contributed by atoms with Crippen LogP contribution >= 0.6 is 0 Å². The highest BCUT2D eigenvalue weighted by molar-refractivity contribution is 5.95. The molecular weight excluding hydrogens is 362 g/mol. The first-order valence-electron chi connectivity index (χ1n) is 9.99. The zero-order valence-corrected chi connectivity index (χ0v) is 17.2. The van der Waals surface area contributed by atoms with E-state index in [1.165, 1.54) is 0 Å². The van der Waals surface area contributed by atoms with Crippen LogP contribution in [0.1, 0.15) is 54.8 Å². The van der Waals surface area contributed by atoms with Gasteiger partial charge in [0.15, 0.2) is 11.6 Å². The van der Waals surface area contributed by atoms with Gasteiger partial charge in [0.1, 0.15) is 0 Å². The molecule has 0 radical (unpaired) electrons. The first kappa shape index (κ1) is 20.5. The van der Waals surface area contributed by atoms with E-state index < -0.39 is 5.97 Å². The van der Waals surface area contributed by atoms with E-state index in [0.717, 1.165) is 41.2 Å². The Kier molecular flexibility index (Phi) is 6.60. The van der Waals surface area contributed by atoms with Gasteiger partial charge < -0.3 is 5.11 Å². The van der Waals surface area contributed by atoms with Gasteiger partial charge in [0.2, 0.25) is 0 Å². The molecule has 0 aliphatic rings. The Balaban J connectivity index is 1.85. The molecular formula is C24H27N3O2. The molecule has 0 spiro atoms. The van der Waals surface area contributed by atoms with Crippen LogP contribution in [0.2, 0.25) is 0 Å². The minimum atomic E-state index is -0.919. The minimum absolute atomic E-state index is 0.307. The maximum absolute atomic E-state index is 11.5. The number of hydrogen-bond donors (Lipinski definition) is 1. The third-order valence-corrected chi connectivity index (χ3v) is 4.59. The van der Waals surface area contributed by atoms with E-state index in [4.69, 9.17) is 5.10 Å². The summed E-state index contributed by atoms with van der Waals surface area (Å²) < 4.78 is 1.93. The molecule has 0 atom stereocenters. The van der Waals surface area contributed by atoms with Gasteiger partial charge in [0, 0.05) is 6.42 Å². The third kappa shape index (κ3) is 5.19. The highest BCUT2D eigenvalue weighted by Crippen LogP contribution is 2.24. The molecule has 0 saturated heterocycles. The number of allylic oxidation sites excluding steroid dienone is 1. The number of nitrogens with zero attached hydrogens (tertiary/aromatic N) is 3. The summed E-state index contributed by atoms with van der Waals surface area (Å²) in [6, 6.07) is 15.0. The van der Waals surface area contributed by atoms with Crippen LogP contribution in [-0.4, -0.2) is 25.8 Å². The molecule has 0 amide bonds. The van der Waals surface area contributed by atoms with Gasteiger partial charge in [0.25, 0.3) is 0 Å². The fourth-order valence-electron chi connectivity index (χ4n) is 3.20. The fraction of sp³-hybridized carbons (Fsp3) is 0.292. The van der Waals surface area contributed by atoms with Crippen molar-refractivity contribution in [3.63, 3.8) is 0 Å². The van der Waals surface area contributed by atoms with E-state index in [0.29, 0.717) is 18.0 Å². The number of carbonyl (C=O) groups is 1. The van der Waals surface area contributed by atoms with Gasteiger partial charge in [-0.1, -0.05) is 69.3 Å². The summed E-state index contributed by atoms with van der Waals surface area (Å²) in [6.07, 6.45) is 5.91. The second kappa shape index (κ2) is 9.32. The molecule has 1 heterocycles. The topological polar surface area (TPSA) is 68.0 Å². The molecule has 0 bridgehead atoms. The molecule has 0 aliphatic heterocycles. The van der Waals surface area contributed by atoms with Crippen molar-refractivity contribution in [3.05, 3.63) is 77.4 Å². The Morgan fingerprint density at radius 3 is 2.52 bits per heavy atom. The number of carboxylic acid groups (broad SMARTS) is 1. The molecule has 0 saturated carbocycles. The normalized spacial score (nSPS) is 11.4. The van der Waals surface area contributed by atoms with Gasteiger partial charge in [-0.3, -0.25) is 0 Å². The summed E-state index contributed by atoms with van der Waals surface area (Å²) in [4.78, 5) is 16.2. The SMILES string of the molecule is CCC=Cc1nc(CC(C)C)nn1Cc1ccc(-c2ccccc2C(=O)O)cc1. The number of aromatic nitrogens is 3. The van der Waals surface area contributed by atoms with Gasteiger partial charge in [0.05, 0.1) is 12.1 Å². The molecule has 0 unspecified atom stereocenters. The second-order valence-electron chi connectivity index (χ2n) is 7.50. The van der Waals surface area contributed by atoms with Crippen molar-refractivity contribution >= 4 is 12.0 Å². The monoisotopic (exact) mass is 389 g/mol. The lowest BCUT2D eigenvalue weighted by Gasteiger charge is -2.08. The Bertz CT molecular complexity index is 1000. The van der Waals surface area contributed by atoms with Crippen molar-refractivity contribution in [2.45, 2.75) is 40.2 Å². The van der Waals surface area contributed by atoms with Crippen molar-refractivity contribution < 1.29 is 9.90 Å². The Hall–Kier alpha value is -3.21. The number of rotatable bonds is 8. The molecule has 3 rings (SSSR count). The van der Waals surface area contributed by atoms with E-state index in [2.05, 4.69) is 31.8 Å². The van der Waals surface area contributed by atoms with Crippen LogP contribution in [0.25, 0.3) is 17.2 Å². The number of carboxylic acids is 1. The summed E-state index contributed by atoms with van der Waals surface area (Å²) in [5.41, 5.74) is 3.01. The van der Waals surface area contributed by atoms with E-state index in [-0.39, 0.29) is 0 Å². The average Bonchev–Trinajstić information content (AvgIpc) is 3.07. The third-order valence-electron chi connectivity index (χ3n) is 4.59. The summed E-state index contributed by atoms with van der Waals surface area (Å²) in [5.74, 6) is 1.31. The maximum Gasteiger partial charge on any atom is 0.336 e. The Labute approximate surface area is 171 Å². The largest absolute Gasteiger partial charge is 0.478 e. The van der Waals surface area contributed by atoms with Crippen molar-refractivity contribution in [2.24, 2.45) is 5.92 Å². The van der Waals surface area contributed by atoms with Crippen LogP contribution < -0.4 is 0 Å². The predicted octanol–water partition coefficient (Wildman–Crippen LogP) is 5.31. The van der Waals surface area contributed by atoms with Gasteiger partial charge >= 0.3 is 5.97 Å². The van der Waals surface area contributed by atoms with Gasteiger partial charge in [-0.05, 0) is 41.2 Å². The van der Waals surface area contributed by atoms with E-state index in [9.17, 15) is 9.90 Å². The van der Waals surface area contributed by atoms with Crippen molar-refractivity contribution in [2.75, 3.05) is 0 Å². The average molecular weight is 389 g/mol. The highest BCUT2D eigenvalue weighted by Gasteiger charge is 2.12. The van der Waals surface area contributed by atoms with E-state index in [1.807, 2.05) is 47.2 Å². The lowest BCUT2D eigenvalue weighted by atomic mass is 9.99.